The quantitative estimate of drug-likeness (QED) is 0.901. The zero-order chi connectivity index (χ0) is 14.0. The Hall–Kier alpha value is -0.910. The Bertz CT molecular complexity index is 486. The Kier molecular flexibility index (Phi) is 4.28. The second-order valence-electron chi connectivity index (χ2n) is 5.32. The van der Waals surface area contributed by atoms with Crippen LogP contribution in [0.5, 0.6) is 0 Å². The van der Waals surface area contributed by atoms with Gasteiger partial charge in [0.15, 0.2) is 0 Å². The van der Waals surface area contributed by atoms with Gasteiger partial charge in [-0.25, -0.2) is 0 Å². The van der Waals surface area contributed by atoms with Crippen LogP contribution in [0, 0.1) is 12.3 Å². The van der Waals surface area contributed by atoms with Gasteiger partial charge in [0.2, 0.25) is 0 Å². The first kappa shape index (κ1) is 14.5. The third kappa shape index (κ3) is 3.16. The summed E-state index contributed by atoms with van der Waals surface area (Å²) in [5, 5.41) is 9.28. The Morgan fingerprint density at radius 1 is 1.53 bits per heavy atom. The van der Waals surface area contributed by atoms with Crippen molar-refractivity contribution in [3.63, 3.8) is 0 Å². The van der Waals surface area contributed by atoms with E-state index >= 15 is 0 Å². The predicted molar refractivity (Wildman–Crippen MR) is 76.1 cm³/mol. The van der Waals surface area contributed by atoms with Gasteiger partial charge in [-0.05, 0) is 37.2 Å². The van der Waals surface area contributed by atoms with Crippen molar-refractivity contribution in [2.45, 2.75) is 13.5 Å². The molecule has 104 valence electrons. The Balaban J connectivity index is 2.03. The molecule has 4 nitrogen and oxygen atoms in total. The highest BCUT2D eigenvalue weighted by molar-refractivity contribution is 9.10. The minimum absolute atomic E-state index is 0.310. The molecule has 0 spiro atoms. The van der Waals surface area contributed by atoms with Crippen molar-refractivity contribution in [1.29, 1.82) is 0 Å². The van der Waals surface area contributed by atoms with Crippen LogP contribution in [0.15, 0.2) is 22.7 Å². The van der Waals surface area contributed by atoms with Crippen LogP contribution in [0.3, 0.4) is 0 Å². The number of halogens is 1. The normalized spacial score (nSPS) is 17.3. The number of rotatable bonds is 5. The Morgan fingerprint density at radius 3 is 2.74 bits per heavy atom. The summed E-state index contributed by atoms with van der Waals surface area (Å²) >= 11 is 3.46. The number of nitrogens with zero attached hydrogens (tertiary/aromatic N) is 1. The van der Waals surface area contributed by atoms with Crippen molar-refractivity contribution in [3.8, 4) is 0 Å². The Morgan fingerprint density at radius 2 is 2.21 bits per heavy atom. The second kappa shape index (κ2) is 5.61. The van der Waals surface area contributed by atoms with Crippen LogP contribution < -0.4 is 0 Å². The molecule has 1 heterocycles. The lowest BCUT2D eigenvalue weighted by atomic mass is 9.85. The molecule has 0 aromatic heterocycles. The molecule has 1 aliphatic heterocycles. The van der Waals surface area contributed by atoms with E-state index in [1.54, 1.807) is 0 Å². The fraction of sp³-hybridized carbons (Fsp3) is 0.500. The number of aliphatic carboxylic acids is 1. The molecule has 1 aromatic rings. The van der Waals surface area contributed by atoms with Gasteiger partial charge in [0.05, 0.1) is 13.2 Å². The van der Waals surface area contributed by atoms with Crippen molar-refractivity contribution in [2.75, 3.05) is 26.8 Å². The molecule has 0 bridgehead atoms. The molecule has 0 atom stereocenters. The summed E-state index contributed by atoms with van der Waals surface area (Å²) in [6, 6.07) is 6.15. The van der Waals surface area contributed by atoms with Crippen LogP contribution >= 0.6 is 15.9 Å². The average Bonchev–Trinajstić information content (AvgIpc) is 2.28. The van der Waals surface area contributed by atoms with Crippen LogP contribution in [0.1, 0.15) is 11.1 Å². The van der Waals surface area contributed by atoms with Crippen molar-refractivity contribution in [2.24, 2.45) is 5.41 Å². The largest absolute Gasteiger partial charge is 0.481 e. The van der Waals surface area contributed by atoms with E-state index < -0.39 is 11.4 Å². The van der Waals surface area contributed by atoms with Crippen molar-refractivity contribution >= 4 is 21.9 Å². The third-order valence-corrected chi connectivity index (χ3v) is 4.03. The second-order valence-corrected chi connectivity index (χ2v) is 6.24. The van der Waals surface area contributed by atoms with Gasteiger partial charge in [-0.3, -0.25) is 4.79 Å². The zero-order valence-electron chi connectivity index (χ0n) is 11.1. The number of hydrogen-bond donors (Lipinski definition) is 1. The number of hydrogen-bond acceptors (Lipinski definition) is 3. The summed E-state index contributed by atoms with van der Waals surface area (Å²) in [4.78, 5) is 13.3. The molecule has 0 saturated carbocycles. The fourth-order valence-corrected chi connectivity index (χ4v) is 2.71. The molecule has 0 amide bonds. The van der Waals surface area contributed by atoms with Crippen molar-refractivity contribution < 1.29 is 14.6 Å². The van der Waals surface area contributed by atoms with Gasteiger partial charge in [0.25, 0.3) is 0 Å². The molecule has 0 aliphatic carbocycles. The highest BCUT2D eigenvalue weighted by Crippen LogP contribution is 2.29. The zero-order valence-corrected chi connectivity index (χ0v) is 12.7. The van der Waals surface area contributed by atoms with E-state index in [0.29, 0.717) is 19.8 Å². The summed E-state index contributed by atoms with van der Waals surface area (Å²) in [5.74, 6) is -0.767. The van der Waals surface area contributed by atoms with Crippen LogP contribution in [0.4, 0.5) is 0 Å². The molecule has 1 N–H and O–H groups in total. The van der Waals surface area contributed by atoms with Crippen LogP contribution in [0.2, 0.25) is 0 Å². The van der Waals surface area contributed by atoms with Crippen molar-refractivity contribution in [1.82, 2.24) is 4.90 Å². The molecular weight excluding hydrogens is 310 g/mol. The van der Waals surface area contributed by atoms with Gasteiger partial charge in [0.1, 0.15) is 5.41 Å². The number of aryl methyl sites for hydroxylation is 1. The molecule has 1 fully saturated rings. The first-order valence-electron chi connectivity index (χ1n) is 6.18. The number of carboxylic acid groups (broad SMARTS) is 1. The lowest BCUT2D eigenvalue weighted by molar-refractivity contribution is -0.183. The first-order chi connectivity index (χ1) is 8.93. The summed E-state index contributed by atoms with van der Waals surface area (Å²) in [7, 11) is 1.95. The van der Waals surface area contributed by atoms with Gasteiger partial charge in [0, 0.05) is 17.6 Å². The maximum absolute atomic E-state index is 11.3. The molecule has 1 aliphatic rings. The van der Waals surface area contributed by atoms with Gasteiger partial charge >= 0.3 is 5.97 Å². The first-order valence-corrected chi connectivity index (χ1v) is 6.97. The molecule has 2 rings (SSSR count). The molecule has 19 heavy (non-hydrogen) atoms. The van der Waals surface area contributed by atoms with E-state index in [2.05, 4.69) is 35.0 Å². The molecule has 5 heteroatoms. The summed E-state index contributed by atoms with van der Waals surface area (Å²) < 4.78 is 6.12. The number of benzene rings is 1. The standard InChI is InChI=1S/C14H18BrNO3/c1-10-3-4-12(15)5-11(10)6-16(2)7-14(13(17)18)8-19-9-14/h3-5H,6-9H2,1-2H3,(H,17,18). The lowest BCUT2D eigenvalue weighted by Gasteiger charge is -2.40. The van der Waals surface area contributed by atoms with E-state index in [-0.39, 0.29) is 0 Å². The van der Waals surface area contributed by atoms with E-state index in [1.165, 1.54) is 11.1 Å². The van der Waals surface area contributed by atoms with E-state index in [0.717, 1.165) is 11.0 Å². The predicted octanol–water partition coefficient (Wildman–Crippen LogP) is 2.29. The van der Waals surface area contributed by atoms with E-state index in [4.69, 9.17) is 4.74 Å². The smallest absolute Gasteiger partial charge is 0.315 e. The SMILES string of the molecule is Cc1ccc(Br)cc1CN(C)CC1(C(=O)O)COC1. The highest BCUT2D eigenvalue weighted by Gasteiger charge is 2.46. The van der Waals surface area contributed by atoms with Gasteiger partial charge in [-0.15, -0.1) is 0 Å². The average molecular weight is 328 g/mol. The van der Waals surface area contributed by atoms with Gasteiger partial charge < -0.3 is 14.7 Å². The summed E-state index contributed by atoms with van der Waals surface area (Å²) in [5.41, 5.74) is 1.69. The topological polar surface area (TPSA) is 49.8 Å². The van der Waals surface area contributed by atoms with Crippen LogP contribution in [0.25, 0.3) is 0 Å². The third-order valence-electron chi connectivity index (χ3n) is 3.53. The summed E-state index contributed by atoms with van der Waals surface area (Å²) in [6.45, 7) is 3.93. The van der Waals surface area contributed by atoms with E-state index in [1.807, 2.05) is 18.0 Å². The maximum atomic E-state index is 11.3. The monoisotopic (exact) mass is 327 g/mol. The molecule has 1 saturated heterocycles. The van der Waals surface area contributed by atoms with Crippen molar-refractivity contribution in [3.05, 3.63) is 33.8 Å². The Labute approximate surface area is 121 Å². The lowest BCUT2D eigenvalue weighted by Crippen LogP contribution is -2.55. The number of carbonyl (C=O) groups is 1. The number of carboxylic acids is 1. The number of ether oxygens (including phenoxy) is 1. The maximum Gasteiger partial charge on any atom is 0.315 e. The minimum atomic E-state index is -0.767. The molecule has 1 aromatic carbocycles. The highest BCUT2D eigenvalue weighted by atomic mass is 79.9. The van der Waals surface area contributed by atoms with E-state index in [9.17, 15) is 9.90 Å². The van der Waals surface area contributed by atoms with Gasteiger partial charge in [-0.1, -0.05) is 22.0 Å². The summed E-state index contributed by atoms with van der Waals surface area (Å²) in [6.07, 6.45) is 0. The minimum Gasteiger partial charge on any atom is -0.481 e. The molecule has 0 unspecified atom stereocenters. The van der Waals surface area contributed by atoms with Crippen LogP contribution in [-0.2, 0) is 16.1 Å². The fourth-order valence-electron chi connectivity index (χ4n) is 2.30. The molecular formula is C14H18BrNO3. The van der Waals surface area contributed by atoms with Crippen LogP contribution in [-0.4, -0.2) is 42.8 Å². The molecule has 0 radical (unpaired) electrons. The van der Waals surface area contributed by atoms with Gasteiger partial charge in [-0.2, -0.15) is 0 Å².